The molecule has 0 fully saturated rings. The largest absolute Gasteiger partial charge is 0.380 e. The first-order valence-electron chi connectivity index (χ1n) is 5.83. The van der Waals surface area contributed by atoms with Crippen LogP contribution in [-0.2, 0) is 4.74 Å². The molecule has 0 aliphatic carbocycles. The first kappa shape index (κ1) is 14.1. The third kappa shape index (κ3) is 4.06. The predicted molar refractivity (Wildman–Crippen MR) is 64.0 cm³/mol. The molecule has 17 heavy (non-hydrogen) atoms. The fraction of sp³-hybridized carbons (Fsp3) is 0.538. The van der Waals surface area contributed by atoms with E-state index in [9.17, 15) is 8.78 Å². The van der Waals surface area contributed by atoms with E-state index in [-0.39, 0.29) is 17.7 Å². The van der Waals surface area contributed by atoms with Gasteiger partial charge in [-0.15, -0.1) is 0 Å². The fourth-order valence-corrected chi connectivity index (χ4v) is 1.60. The molecule has 0 radical (unpaired) electrons. The Balaban J connectivity index is 2.62. The molecular weight excluding hydrogens is 224 g/mol. The van der Waals surface area contributed by atoms with E-state index in [0.717, 1.165) is 0 Å². The lowest BCUT2D eigenvalue weighted by Gasteiger charge is -2.15. The van der Waals surface area contributed by atoms with Gasteiger partial charge in [0.05, 0.1) is 6.61 Å². The molecule has 0 aliphatic rings. The molecule has 4 heteroatoms. The molecule has 0 aliphatic heterocycles. The molecule has 1 aromatic rings. The SMILES string of the molecule is CCOCCNC(C)c1cc(F)c(C)cc1F. The summed E-state index contributed by atoms with van der Waals surface area (Å²) in [5.74, 6) is -0.750. The summed E-state index contributed by atoms with van der Waals surface area (Å²) in [5, 5.41) is 3.09. The molecule has 1 aromatic carbocycles. The van der Waals surface area contributed by atoms with Crippen LogP contribution in [0.15, 0.2) is 12.1 Å². The third-order valence-corrected chi connectivity index (χ3v) is 2.65. The van der Waals surface area contributed by atoms with E-state index in [1.54, 1.807) is 13.8 Å². The number of benzene rings is 1. The molecule has 0 bridgehead atoms. The number of halogens is 2. The van der Waals surface area contributed by atoms with Crippen LogP contribution in [0.3, 0.4) is 0 Å². The van der Waals surface area contributed by atoms with Gasteiger partial charge in [0.25, 0.3) is 0 Å². The molecule has 1 atom stereocenters. The van der Waals surface area contributed by atoms with Gasteiger partial charge in [0.2, 0.25) is 0 Å². The number of nitrogens with one attached hydrogen (secondary N) is 1. The van der Waals surface area contributed by atoms with E-state index in [1.165, 1.54) is 12.1 Å². The third-order valence-electron chi connectivity index (χ3n) is 2.65. The highest BCUT2D eigenvalue weighted by Gasteiger charge is 2.13. The van der Waals surface area contributed by atoms with E-state index in [1.807, 2.05) is 6.92 Å². The van der Waals surface area contributed by atoms with Gasteiger partial charge in [0, 0.05) is 24.8 Å². The molecule has 0 saturated heterocycles. The zero-order chi connectivity index (χ0) is 12.8. The lowest BCUT2D eigenvalue weighted by atomic mass is 10.1. The van der Waals surface area contributed by atoms with E-state index in [4.69, 9.17) is 4.74 Å². The average Bonchev–Trinajstić information content (AvgIpc) is 2.29. The summed E-state index contributed by atoms with van der Waals surface area (Å²) in [7, 11) is 0. The Morgan fingerprint density at radius 2 is 2.00 bits per heavy atom. The quantitative estimate of drug-likeness (QED) is 0.776. The number of rotatable bonds is 6. The maximum atomic E-state index is 13.6. The van der Waals surface area contributed by atoms with Crippen LogP contribution in [-0.4, -0.2) is 19.8 Å². The minimum Gasteiger partial charge on any atom is -0.380 e. The Morgan fingerprint density at radius 3 is 2.65 bits per heavy atom. The zero-order valence-electron chi connectivity index (χ0n) is 10.5. The number of ether oxygens (including phenoxy) is 1. The van der Waals surface area contributed by atoms with E-state index in [2.05, 4.69) is 5.32 Å². The van der Waals surface area contributed by atoms with Crippen molar-refractivity contribution in [3.63, 3.8) is 0 Å². The summed E-state index contributed by atoms with van der Waals surface area (Å²) < 4.78 is 32.1. The van der Waals surface area contributed by atoms with Crippen LogP contribution in [0.5, 0.6) is 0 Å². The molecule has 0 spiro atoms. The molecule has 1 N–H and O–H groups in total. The van der Waals surface area contributed by atoms with E-state index < -0.39 is 0 Å². The van der Waals surface area contributed by atoms with Gasteiger partial charge in [0.1, 0.15) is 11.6 Å². The maximum absolute atomic E-state index is 13.6. The smallest absolute Gasteiger partial charge is 0.128 e. The Morgan fingerprint density at radius 1 is 1.29 bits per heavy atom. The molecule has 2 nitrogen and oxygen atoms in total. The number of aryl methyl sites for hydroxylation is 1. The van der Waals surface area contributed by atoms with Crippen LogP contribution >= 0.6 is 0 Å². The van der Waals surface area contributed by atoms with Crippen molar-refractivity contribution in [2.24, 2.45) is 0 Å². The van der Waals surface area contributed by atoms with Crippen LogP contribution in [0.4, 0.5) is 8.78 Å². The Kier molecular flexibility index (Phi) is 5.51. The van der Waals surface area contributed by atoms with Gasteiger partial charge >= 0.3 is 0 Å². The number of hydrogen-bond acceptors (Lipinski definition) is 2. The average molecular weight is 243 g/mol. The molecule has 1 rings (SSSR count). The van der Waals surface area contributed by atoms with E-state index >= 15 is 0 Å². The topological polar surface area (TPSA) is 21.3 Å². The van der Waals surface area contributed by atoms with Crippen molar-refractivity contribution in [3.8, 4) is 0 Å². The van der Waals surface area contributed by atoms with E-state index in [0.29, 0.717) is 30.9 Å². The van der Waals surface area contributed by atoms with Gasteiger partial charge in [-0.2, -0.15) is 0 Å². The Bertz CT molecular complexity index is 369. The summed E-state index contributed by atoms with van der Waals surface area (Å²) in [6.07, 6.45) is 0. The summed E-state index contributed by atoms with van der Waals surface area (Å²) in [5.41, 5.74) is 0.678. The zero-order valence-corrected chi connectivity index (χ0v) is 10.5. The lowest BCUT2D eigenvalue weighted by Crippen LogP contribution is -2.24. The molecular formula is C13H19F2NO. The van der Waals surface area contributed by atoms with Crippen molar-refractivity contribution in [3.05, 3.63) is 34.9 Å². The second-order valence-electron chi connectivity index (χ2n) is 4.00. The monoisotopic (exact) mass is 243 g/mol. The number of hydrogen-bond donors (Lipinski definition) is 1. The normalized spacial score (nSPS) is 12.8. The van der Waals surface area contributed by atoms with Crippen LogP contribution in [0.25, 0.3) is 0 Å². The van der Waals surface area contributed by atoms with Crippen LogP contribution in [0.2, 0.25) is 0 Å². The fourth-order valence-electron chi connectivity index (χ4n) is 1.60. The predicted octanol–water partition coefficient (Wildman–Crippen LogP) is 2.96. The van der Waals surface area contributed by atoms with Crippen LogP contribution in [0.1, 0.15) is 31.0 Å². The molecule has 0 amide bonds. The molecule has 96 valence electrons. The van der Waals surface area contributed by atoms with Crippen LogP contribution < -0.4 is 5.32 Å². The highest BCUT2D eigenvalue weighted by Crippen LogP contribution is 2.20. The van der Waals surface area contributed by atoms with Crippen molar-refractivity contribution < 1.29 is 13.5 Å². The lowest BCUT2D eigenvalue weighted by molar-refractivity contribution is 0.147. The Hall–Kier alpha value is -1.00. The highest BCUT2D eigenvalue weighted by molar-refractivity contribution is 5.27. The van der Waals surface area contributed by atoms with Crippen molar-refractivity contribution in [1.82, 2.24) is 5.32 Å². The van der Waals surface area contributed by atoms with Gasteiger partial charge in [0.15, 0.2) is 0 Å². The minimum atomic E-state index is -0.375. The van der Waals surface area contributed by atoms with Gasteiger partial charge in [-0.25, -0.2) is 8.78 Å². The van der Waals surface area contributed by atoms with Gasteiger partial charge in [-0.05, 0) is 38.5 Å². The highest BCUT2D eigenvalue weighted by atomic mass is 19.1. The van der Waals surface area contributed by atoms with Crippen molar-refractivity contribution in [1.29, 1.82) is 0 Å². The summed E-state index contributed by atoms with van der Waals surface area (Å²) in [6.45, 7) is 7.11. The minimum absolute atomic E-state index is 0.231. The molecule has 0 heterocycles. The standard InChI is InChI=1S/C13H19F2NO/c1-4-17-6-5-16-10(3)11-8-12(14)9(2)7-13(11)15/h7-8,10,16H,4-6H2,1-3H3. The first-order chi connectivity index (χ1) is 8.06. The summed E-state index contributed by atoms with van der Waals surface area (Å²) in [4.78, 5) is 0. The van der Waals surface area contributed by atoms with Gasteiger partial charge < -0.3 is 10.1 Å². The summed E-state index contributed by atoms with van der Waals surface area (Å²) >= 11 is 0. The molecule has 0 saturated carbocycles. The summed E-state index contributed by atoms with van der Waals surface area (Å²) in [6, 6.07) is 2.25. The van der Waals surface area contributed by atoms with Gasteiger partial charge in [-0.3, -0.25) is 0 Å². The molecule has 0 aromatic heterocycles. The molecule has 1 unspecified atom stereocenters. The van der Waals surface area contributed by atoms with Gasteiger partial charge in [-0.1, -0.05) is 0 Å². The second kappa shape index (κ2) is 6.67. The first-order valence-corrected chi connectivity index (χ1v) is 5.83. The Labute approximate surface area is 101 Å². The maximum Gasteiger partial charge on any atom is 0.128 e. The van der Waals surface area contributed by atoms with Crippen molar-refractivity contribution >= 4 is 0 Å². The van der Waals surface area contributed by atoms with Crippen molar-refractivity contribution in [2.75, 3.05) is 19.8 Å². The van der Waals surface area contributed by atoms with Crippen LogP contribution in [0, 0.1) is 18.6 Å². The second-order valence-corrected chi connectivity index (χ2v) is 4.00. The van der Waals surface area contributed by atoms with Crippen molar-refractivity contribution in [2.45, 2.75) is 26.8 Å².